The number of carboxylic acid groups (broad SMARTS) is 1. The highest BCUT2D eigenvalue weighted by atomic mass is 35.5. The molecule has 0 heterocycles. The smallest absolute Gasteiger partial charge is 0.408 e. The minimum Gasteiger partial charge on any atom is -0.480 e. The highest BCUT2D eigenvalue weighted by molar-refractivity contribution is 6.30. The number of carboxylic acids is 1. The summed E-state index contributed by atoms with van der Waals surface area (Å²) in [5.74, 6) is -0.777. The Morgan fingerprint density at radius 3 is 2.35 bits per heavy atom. The van der Waals surface area contributed by atoms with Crippen molar-refractivity contribution in [3.63, 3.8) is 0 Å². The Balaban J connectivity index is 1.65. The molecule has 4 rings (SSSR count). The molecular formula is C31H36ClNO4. The van der Waals surface area contributed by atoms with Crippen LogP contribution in [0.3, 0.4) is 0 Å². The molecule has 2 atom stereocenters. The maximum Gasteiger partial charge on any atom is 0.408 e. The van der Waals surface area contributed by atoms with E-state index in [9.17, 15) is 14.7 Å². The lowest BCUT2D eigenvalue weighted by atomic mass is 9.76. The molecule has 2 N–H and O–H groups in total. The summed E-state index contributed by atoms with van der Waals surface area (Å²) in [6, 6.07) is 21.5. The Kier molecular flexibility index (Phi) is 8.13. The molecule has 0 aromatic heterocycles. The third-order valence-electron chi connectivity index (χ3n) is 7.80. The fourth-order valence-corrected chi connectivity index (χ4v) is 5.76. The van der Waals surface area contributed by atoms with Gasteiger partial charge in [0.25, 0.3) is 0 Å². The van der Waals surface area contributed by atoms with Gasteiger partial charge in [-0.15, -0.1) is 0 Å². The van der Waals surface area contributed by atoms with E-state index >= 15 is 0 Å². The zero-order valence-electron chi connectivity index (χ0n) is 21.8. The summed E-state index contributed by atoms with van der Waals surface area (Å²) in [5, 5.41) is 15.5. The molecule has 196 valence electrons. The van der Waals surface area contributed by atoms with Crippen LogP contribution >= 0.6 is 11.6 Å². The number of nitrogens with one attached hydrogen (secondary N) is 1. The van der Waals surface area contributed by atoms with E-state index in [4.69, 9.17) is 16.3 Å². The Bertz CT molecular complexity index is 1270. The van der Waals surface area contributed by atoms with Crippen molar-refractivity contribution in [2.24, 2.45) is 5.92 Å². The maximum atomic E-state index is 13.4. The average molecular weight is 522 g/mol. The van der Waals surface area contributed by atoms with E-state index in [1.165, 1.54) is 6.42 Å². The highest BCUT2D eigenvalue weighted by Gasteiger charge is 2.41. The lowest BCUT2D eigenvalue weighted by Crippen LogP contribution is -2.54. The quantitative estimate of drug-likeness (QED) is 0.314. The van der Waals surface area contributed by atoms with Gasteiger partial charge in [-0.25, -0.2) is 9.59 Å². The van der Waals surface area contributed by atoms with Gasteiger partial charge in [0.15, 0.2) is 0 Å². The van der Waals surface area contributed by atoms with Gasteiger partial charge < -0.3 is 15.2 Å². The molecule has 1 aliphatic rings. The predicted molar refractivity (Wildman–Crippen MR) is 148 cm³/mol. The molecule has 1 fully saturated rings. The van der Waals surface area contributed by atoms with E-state index in [0.717, 1.165) is 47.6 Å². The number of amides is 1. The van der Waals surface area contributed by atoms with Crippen LogP contribution in [0.15, 0.2) is 66.7 Å². The molecule has 3 aromatic carbocycles. The molecule has 0 saturated heterocycles. The SMILES string of the molecule is CC(C)(c1cccc(Cl)c1)C(OC(=O)N[C@@](C)(CC1CCCCC1)C(=O)O)c1ccc2ccccc2c1. The van der Waals surface area contributed by atoms with E-state index in [1.807, 2.05) is 80.6 Å². The van der Waals surface area contributed by atoms with Gasteiger partial charge >= 0.3 is 12.1 Å². The van der Waals surface area contributed by atoms with Gasteiger partial charge in [-0.05, 0) is 59.4 Å². The normalized spacial score (nSPS) is 17.1. The number of hydrogen-bond donors (Lipinski definition) is 2. The van der Waals surface area contributed by atoms with E-state index in [-0.39, 0.29) is 5.92 Å². The number of rotatable bonds is 8. The van der Waals surface area contributed by atoms with Gasteiger partial charge in [-0.3, -0.25) is 0 Å². The van der Waals surface area contributed by atoms with E-state index < -0.39 is 29.1 Å². The van der Waals surface area contributed by atoms with Crippen molar-refractivity contribution >= 4 is 34.4 Å². The summed E-state index contributed by atoms with van der Waals surface area (Å²) in [6.45, 7) is 5.59. The Labute approximate surface area is 224 Å². The van der Waals surface area contributed by atoms with Crippen LogP contribution in [0.25, 0.3) is 10.8 Å². The molecule has 0 aliphatic heterocycles. The zero-order chi connectivity index (χ0) is 26.6. The fourth-order valence-electron chi connectivity index (χ4n) is 5.57. The maximum absolute atomic E-state index is 13.4. The molecule has 6 heteroatoms. The van der Waals surface area contributed by atoms with Crippen LogP contribution in [-0.2, 0) is 14.9 Å². The van der Waals surface area contributed by atoms with Gasteiger partial charge in [0, 0.05) is 10.4 Å². The molecular weight excluding hydrogens is 486 g/mol. The molecule has 3 aromatic rings. The first-order valence-corrected chi connectivity index (χ1v) is 13.4. The van der Waals surface area contributed by atoms with Gasteiger partial charge in [-0.2, -0.15) is 0 Å². The standard InChI is InChI=1S/C31H36ClNO4/c1-30(2,25-14-9-15-26(32)19-25)27(24-17-16-22-12-7-8-13-23(22)18-24)37-29(36)33-31(3,28(34)35)20-21-10-5-4-6-11-21/h7-9,12-19,21,27H,4-6,10-11,20H2,1-3H3,(H,33,36)(H,34,35)/t27?,31-/m0/s1. The number of alkyl carbamates (subject to hydrolysis) is 1. The Hall–Kier alpha value is -3.05. The largest absolute Gasteiger partial charge is 0.480 e. The van der Waals surface area contributed by atoms with Crippen LogP contribution < -0.4 is 5.32 Å². The predicted octanol–water partition coefficient (Wildman–Crippen LogP) is 8.05. The lowest BCUT2D eigenvalue weighted by Gasteiger charge is -2.37. The molecule has 1 amide bonds. The summed E-state index contributed by atoms with van der Waals surface area (Å²) >= 11 is 6.31. The summed E-state index contributed by atoms with van der Waals surface area (Å²) in [5.41, 5.74) is -0.335. The number of hydrogen-bond acceptors (Lipinski definition) is 3. The van der Waals surface area contributed by atoms with Crippen molar-refractivity contribution < 1.29 is 19.4 Å². The van der Waals surface area contributed by atoms with Crippen molar-refractivity contribution in [2.45, 2.75) is 76.4 Å². The first kappa shape index (κ1) is 27.0. The van der Waals surface area contributed by atoms with Gasteiger partial charge in [0.2, 0.25) is 0 Å². The second-order valence-electron chi connectivity index (χ2n) is 11.1. The van der Waals surface area contributed by atoms with E-state index in [2.05, 4.69) is 5.32 Å². The van der Waals surface area contributed by atoms with Crippen molar-refractivity contribution in [1.29, 1.82) is 0 Å². The van der Waals surface area contributed by atoms with Crippen LogP contribution in [0.1, 0.15) is 76.5 Å². The van der Waals surface area contributed by atoms with Gasteiger partial charge in [0.05, 0.1) is 0 Å². The molecule has 5 nitrogen and oxygen atoms in total. The van der Waals surface area contributed by atoms with Crippen LogP contribution in [0.4, 0.5) is 4.79 Å². The topological polar surface area (TPSA) is 75.6 Å². The summed E-state index contributed by atoms with van der Waals surface area (Å²) in [6.07, 6.45) is 4.31. The molecule has 37 heavy (non-hydrogen) atoms. The highest BCUT2D eigenvalue weighted by Crippen LogP contribution is 2.41. The van der Waals surface area contributed by atoms with Gasteiger partial charge in [-0.1, -0.05) is 106 Å². The lowest BCUT2D eigenvalue weighted by molar-refractivity contribution is -0.145. The van der Waals surface area contributed by atoms with Crippen LogP contribution in [0.5, 0.6) is 0 Å². The minimum atomic E-state index is -1.41. The van der Waals surface area contributed by atoms with Crippen LogP contribution in [-0.4, -0.2) is 22.7 Å². The van der Waals surface area contributed by atoms with Gasteiger partial charge in [0.1, 0.15) is 11.6 Å². The first-order chi connectivity index (χ1) is 17.6. The second-order valence-corrected chi connectivity index (χ2v) is 11.5. The zero-order valence-corrected chi connectivity index (χ0v) is 22.6. The second kappa shape index (κ2) is 11.1. The summed E-state index contributed by atoms with van der Waals surface area (Å²) < 4.78 is 6.12. The number of halogens is 1. The van der Waals surface area contributed by atoms with Crippen molar-refractivity contribution in [2.75, 3.05) is 0 Å². The molecule has 0 radical (unpaired) electrons. The number of ether oxygens (including phenoxy) is 1. The number of benzene rings is 3. The Morgan fingerprint density at radius 2 is 1.68 bits per heavy atom. The fraction of sp³-hybridized carbons (Fsp3) is 0.419. The minimum absolute atomic E-state index is 0.273. The summed E-state index contributed by atoms with van der Waals surface area (Å²) in [7, 11) is 0. The van der Waals surface area contributed by atoms with Crippen molar-refractivity contribution in [3.05, 3.63) is 82.9 Å². The number of carbonyl (C=O) groups excluding carboxylic acids is 1. The third kappa shape index (κ3) is 6.27. The third-order valence-corrected chi connectivity index (χ3v) is 8.03. The molecule has 0 bridgehead atoms. The average Bonchev–Trinajstić information content (AvgIpc) is 2.87. The molecule has 0 spiro atoms. The summed E-state index contributed by atoms with van der Waals surface area (Å²) in [4.78, 5) is 25.7. The van der Waals surface area contributed by atoms with Crippen molar-refractivity contribution in [1.82, 2.24) is 5.32 Å². The van der Waals surface area contributed by atoms with E-state index in [0.29, 0.717) is 11.4 Å². The number of fused-ring (bicyclic) bond motifs is 1. The number of aliphatic carboxylic acids is 1. The monoisotopic (exact) mass is 521 g/mol. The van der Waals surface area contributed by atoms with Crippen molar-refractivity contribution in [3.8, 4) is 0 Å². The molecule has 1 unspecified atom stereocenters. The first-order valence-electron chi connectivity index (χ1n) is 13.1. The molecule has 1 aliphatic carbocycles. The molecule has 1 saturated carbocycles. The Morgan fingerprint density at radius 1 is 0.973 bits per heavy atom. The van der Waals surface area contributed by atoms with E-state index in [1.54, 1.807) is 6.92 Å². The van der Waals surface area contributed by atoms with Crippen LogP contribution in [0.2, 0.25) is 5.02 Å². The van der Waals surface area contributed by atoms with Crippen LogP contribution in [0, 0.1) is 5.92 Å². The number of carbonyl (C=O) groups is 2.